The summed E-state index contributed by atoms with van der Waals surface area (Å²) in [4.78, 5) is 16.6. The van der Waals surface area contributed by atoms with Gasteiger partial charge < -0.3 is 15.1 Å². The van der Waals surface area contributed by atoms with E-state index in [-0.39, 0.29) is 17.8 Å². The quantitative estimate of drug-likeness (QED) is 0.881. The standard InChI is InChI=1S/C18H27ClFN3O/c1-12(2)13(3)21-14(4)18(24)23-9-7-22(8-10-23)17-6-5-15(20)11-16(17)19/h5-6,11-14,21H,7-10H2,1-4H3/t13-,14+/m1/s1. The third-order valence-electron chi connectivity index (χ3n) is 4.73. The Balaban J connectivity index is 1.91. The lowest BCUT2D eigenvalue weighted by Gasteiger charge is -2.38. The third-order valence-corrected chi connectivity index (χ3v) is 5.03. The highest BCUT2D eigenvalue weighted by molar-refractivity contribution is 6.33. The molecule has 2 rings (SSSR count). The molecular formula is C18H27ClFN3O. The van der Waals surface area contributed by atoms with E-state index in [1.807, 2.05) is 11.8 Å². The van der Waals surface area contributed by atoms with Crippen molar-refractivity contribution in [3.05, 3.63) is 29.0 Å². The molecule has 2 atom stereocenters. The molecule has 0 unspecified atom stereocenters. The first kappa shape index (κ1) is 19.0. The maximum atomic E-state index is 13.2. The molecule has 1 saturated heterocycles. The summed E-state index contributed by atoms with van der Waals surface area (Å²) in [5.74, 6) is 0.279. The first-order chi connectivity index (χ1) is 11.3. The van der Waals surface area contributed by atoms with E-state index in [0.29, 0.717) is 43.2 Å². The van der Waals surface area contributed by atoms with Gasteiger partial charge in [0, 0.05) is 32.2 Å². The van der Waals surface area contributed by atoms with Crippen molar-refractivity contribution in [2.45, 2.75) is 39.8 Å². The molecule has 1 aliphatic heterocycles. The second-order valence-corrected chi connectivity index (χ2v) is 7.24. The molecule has 4 nitrogen and oxygen atoms in total. The minimum atomic E-state index is -0.336. The summed E-state index contributed by atoms with van der Waals surface area (Å²) < 4.78 is 13.2. The second-order valence-electron chi connectivity index (χ2n) is 6.83. The maximum absolute atomic E-state index is 13.2. The summed E-state index contributed by atoms with van der Waals surface area (Å²) in [7, 11) is 0. The molecule has 1 aromatic rings. The fraction of sp³-hybridized carbons (Fsp3) is 0.611. The average Bonchev–Trinajstić information content (AvgIpc) is 2.54. The van der Waals surface area contributed by atoms with Gasteiger partial charge in [0.05, 0.1) is 16.8 Å². The SMILES string of the molecule is CC(C)[C@@H](C)N[C@@H](C)C(=O)N1CCN(c2ccc(F)cc2Cl)CC1. The van der Waals surface area contributed by atoms with Crippen molar-refractivity contribution in [3.63, 3.8) is 0 Å². The van der Waals surface area contributed by atoms with E-state index < -0.39 is 0 Å². The van der Waals surface area contributed by atoms with E-state index in [1.165, 1.54) is 12.1 Å². The van der Waals surface area contributed by atoms with Gasteiger partial charge in [-0.2, -0.15) is 0 Å². The van der Waals surface area contributed by atoms with Gasteiger partial charge in [-0.3, -0.25) is 4.79 Å². The molecular weight excluding hydrogens is 329 g/mol. The van der Waals surface area contributed by atoms with Crippen molar-refractivity contribution in [3.8, 4) is 0 Å². The molecule has 0 saturated carbocycles. The molecule has 1 fully saturated rings. The van der Waals surface area contributed by atoms with E-state index in [4.69, 9.17) is 11.6 Å². The molecule has 0 aromatic heterocycles. The summed E-state index contributed by atoms with van der Waals surface area (Å²) in [5.41, 5.74) is 0.824. The number of hydrogen-bond donors (Lipinski definition) is 1. The normalized spacial score (nSPS) is 18.0. The summed E-state index contributed by atoms with van der Waals surface area (Å²) in [5, 5.41) is 3.78. The lowest BCUT2D eigenvalue weighted by atomic mass is 10.1. The smallest absolute Gasteiger partial charge is 0.239 e. The fourth-order valence-corrected chi connectivity index (χ4v) is 3.12. The predicted molar refractivity (Wildman–Crippen MR) is 97.1 cm³/mol. The summed E-state index contributed by atoms with van der Waals surface area (Å²) >= 11 is 6.13. The lowest BCUT2D eigenvalue weighted by molar-refractivity contribution is -0.133. The summed E-state index contributed by atoms with van der Waals surface area (Å²) in [6.07, 6.45) is 0. The molecule has 24 heavy (non-hydrogen) atoms. The Kier molecular flexibility index (Phi) is 6.47. The number of benzene rings is 1. The number of rotatable bonds is 5. The van der Waals surface area contributed by atoms with Crippen molar-refractivity contribution in [2.24, 2.45) is 5.92 Å². The van der Waals surface area contributed by atoms with E-state index in [2.05, 4.69) is 31.0 Å². The first-order valence-electron chi connectivity index (χ1n) is 8.54. The molecule has 0 aliphatic carbocycles. The van der Waals surface area contributed by atoms with Crippen molar-refractivity contribution < 1.29 is 9.18 Å². The zero-order valence-electron chi connectivity index (χ0n) is 14.9. The van der Waals surface area contributed by atoms with Gasteiger partial charge in [-0.1, -0.05) is 25.4 Å². The second kappa shape index (κ2) is 8.17. The van der Waals surface area contributed by atoms with Crippen LogP contribution in [0.4, 0.5) is 10.1 Å². The van der Waals surface area contributed by atoms with Gasteiger partial charge in [0.15, 0.2) is 0 Å². The van der Waals surface area contributed by atoms with Crippen LogP contribution in [0.5, 0.6) is 0 Å². The molecule has 0 spiro atoms. The van der Waals surface area contributed by atoms with Crippen LogP contribution in [0.2, 0.25) is 5.02 Å². The first-order valence-corrected chi connectivity index (χ1v) is 8.92. The van der Waals surface area contributed by atoms with E-state index >= 15 is 0 Å². The van der Waals surface area contributed by atoms with Gasteiger partial charge in [0.2, 0.25) is 5.91 Å². The zero-order chi connectivity index (χ0) is 17.9. The highest BCUT2D eigenvalue weighted by Gasteiger charge is 2.26. The van der Waals surface area contributed by atoms with E-state index in [9.17, 15) is 9.18 Å². The van der Waals surface area contributed by atoms with Gasteiger partial charge in [-0.15, -0.1) is 0 Å². The molecule has 1 aliphatic rings. The molecule has 134 valence electrons. The molecule has 1 heterocycles. The van der Waals surface area contributed by atoms with Crippen LogP contribution in [0.1, 0.15) is 27.7 Å². The van der Waals surface area contributed by atoms with Crippen molar-refractivity contribution in [2.75, 3.05) is 31.1 Å². The monoisotopic (exact) mass is 355 g/mol. The number of hydrogen-bond acceptors (Lipinski definition) is 3. The maximum Gasteiger partial charge on any atom is 0.239 e. The molecule has 0 radical (unpaired) electrons. The molecule has 0 bridgehead atoms. The minimum absolute atomic E-state index is 0.132. The van der Waals surface area contributed by atoms with Crippen molar-refractivity contribution in [1.29, 1.82) is 0 Å². The molecule has 6 heteroatoms. The number of nitrogens with zero attached hydrogens (tertiary/aromatic N) is 2. The Morgan fingerprint density at radius 1 is 1.17 bits per heavy atom. The highest BCUT2D eigenvalue weighted by atomic mass is 35.5. The molecule has 1 aromatic carbocycles. The number of carbonyl (C=O) groups is 1. The van der Waals surface area contributed by atoms with Gasteiger partial charge >= 0.3 is 0 Å². The Morgan fingerprint density at radius 2 is 1.79 bits per heavy atom. The van der Waals surface area contributed by atoms with Crippen LogP contribution in [-0.4, -0.2) is 49.1 Å². The number of carbonyl (C=O) groups excluding carboxylic acids is 1. The summed E-state index contributed by atoms with van der Waals surface area (Å²) in [6.45, 7) is 11.0. The largest absolute Gasteiger partial charge is 0.367 e. The van der Waals surface area contributed by atoms with Crippen LogP contribution in [0.3, 0.4) is 0 Å². The molecule has 1 amide bonds. The topological polar surface area (TPSA) is 35.6 Å². The Labute approximate surface area is 149 Å². The average molecular weight is 356 g/mol. The lowest BCUT2D eigenvalue weighted by Crippen LogP contribution is -2.55. The van der Waals surface area contributed by atoms with Gasteiger partial charge in [-0.05, 0) is 38.0 Å². The number of halogens is 2. The predicted octanol–water partition coefficient (Wildman–Crippen LogP) is 3.15. The number of amides is 1. The number of nitrogens with one attached hydrogen (secondary N) is 1. The van der Waals surface area contributed by atoms with Crippen LogP contribution in [-0.2, 0) is 4.79 Å². The van der Waals surface area contributed by atoms with Gasteiger partial charge in [0.25, 0.3) is 0 Å². The fourth-order valence-electron chi connectivity index (χ4n) is 2.84. The van der Waals surface area contributed by atoms with E-state index in [1.54, 1.807) is 6.07 Å². The van der Waals surface area contributed by atoms with E-state index in [0.717, 1.165) is 5.69 Å². The number of anilines is 1. The summed E-state index contributed by atoms with van der Waals surface area (Å²) in [6, 6.07) is 4.54. The van der Waals surface area contributed by atoms with Crippen molar-refractivity contribution >= 4 is 23.2 Å². The Bertz CT molecular complexity index is 573. The minimum Gasteiger partial charge on any atom is -0.367 e. The van der Waals surface area contributed by atoms with Crippen LogP contribution < -0.4 is 10.2 Å². The third kappa shape index (κ3) is 4.61. The Morgan fingerprint density at radius 3 is 2.33 bits per heavy atom. The molecule has 1 N–H and O–H groups in total. The highest BCUT2D eigenvalue weighted by Crippen LogP contribution is 2.27. The van der Waals surface area contributed by atoms with Crippen molar-refractivity contribution in [1.82, 2.24) is 10.2 Å². The Hall–Kier alpha value is -1.33. The van der Waals surface area contributed by atoms with Crippen LogP contribution >= 0.6 is 11.6 Å². The van der Waals surface area contributed by atoms with Gasteiger partial charge in [-0.25, -0.2) is 4.39 Å². The number of piperazine rings is 1. The zero-order valence-corrected chi connectivity index (χ0v) is 15.6. The van der Waals surface area contributed by atoms with Crippen LogP contribution in [0, 0.1) is 11.7 Å². The van der Waals surface area contributed by atoms with Crippen LogP contribution in [0.25, 0.3) is 0 Å². The van der Waals surface area contributed by atoms with Gasteiger partial charge in [0.1, 0.15) is 5.82 Å². The van der Waals surface area contributed by atoms with Crippen LogP contribution in [0.15, 0.2) is 18.2 Å².